The van der Waals surface area contributed by atoms with Crippen LogP contribution < -0.4 is 5.84 Å². The molecule has 0 aromatic carbocycles. The van der Waals surface area contributed by atoms with Crippen molar-refractivity contribution in [1.82, 2.24) is 5.01 Å². The molecule has 0 aliphatic carbocycles. The van der Waals surface area contributed by atoms with E-state index in [2.05, 4.69) is 0 Å². The minimum Gasteiger partial charge on any atom is -0.460 e. The van der Waals surface area contributed by atoms with Gasteiger partial charge in [0.1, 0.15) is 5.60 Å². The molecule has 16 heavy (non-hydrogen) atoms. The third-order valence-electron chi connectivity index (χ3n) is 3.01. The van der Waals surface area contributed by atoms with Crippen LogP contribution in [-0.4, -0.2) is 28.7 Å². The van der Waals surface area contributed by atoms with E-state index in [0.717, 1.165) is 12.8 Å². The summed E-state index contributed by atoms with van der Waals surface area (Å²) in [5, 5.41) is 1.83. The molecule has 1 fully saturated rings. The van der Waals surface area contributed by atoms with E-state index in [1.807, 2.05) is 39.6 Å². The minimum absolute atomic E-state index is 0.0102. The quantitative estimate of drug-likeness (QED) is 0.548. The topological polar surface area (TPSA) is 55.6 Å². The zero-order valence-electron chi connectivity index (χ0n) is 11.0. The van der Waals surface area contributed by atoms with Crippen molar-refractivity contribution in [3.8, 4) is 0 Å². The molecule has 4 nitrogen and oxygen atoms in total. The highest BCUT2D eigenvalue weighted by Crippen LogP contribution is 2.27. The van der Waals surface area contributed by atoms with Crippen molar-refractivity contribution in [1.29, 1.82) is 0 Å². The molecule has 2 N–H and O–H groups in total. The molecule has 0 saturated carbocycles. The summed E-state index contributed by atoms with van der Waals surface area (Å²) in [7, 11) is 0. The van der Waals surface area contributed by atoms with Gasteiger partial charge in [0.25, 0.3) is 0 Å². The molecule has 1 aliphatic rings. The minimum atomic E-state index is -0.399. The Hall–Kier alpha value is -0.610. The molecule has 0 amide bonds. The molecule has 4 heteroatoms. The molecule has 1 aliphatic heterocycles. The summed E-state index contributed by atoms with van der Waals surface area (Å²) >= 11 is 0. The Kier molecular flexibility index (Phi) is 3.97. The highest BCUT2D eigenvalue weighted by Gasteiger charge is 2.35. The smallest absolute Gasteiger partial charge is 0.309 e. The van der Waals surface area contributed by atoms with E-state index in [1.54, 1.807) is 0 Å². The first kappa shape index (κ1) is 13.5. The van der Waals surface area contributed by atoms with Crippen molar-refractivity contribution < 1.29 is 9.53 Å². The standard InChI is InChI=1S/C12H24N2O2/c1-8-6-10(7-9(2)14(8)13)11(15)16-12(3,4)5/h8-10H,6-7,13H2,1-5H3. The molecule has 0 spiro atoms. The summed E-state index contributed by atoms with van der Waals surface area (Å²) in [5.74, 6) is 5.80. The molecular formula is C12H24N2O2. The largest absolute Gasteiger partial charge is 0.460 e. The number of ether oxygens (including phenoxy) is 1. The second-order valence-corrected chi connectivity index (χ2v) is 5.85. The number of hydrogen-bond acceptors (Lipinski definition) is 4. The second-order valence-electron chi connectivity index (χ2n) is 5.85. The zero-order valence-corrected chi connectivity index (χ0v) is 11.0. The lowest BCUT2D eigenvalue weighted by Gasteiger charge is -2.39. The first-order valence-corrected chi connectivity index (χ1v) is 5.96. The molecule has 0 radical (unpaired) electrons. The monoisotopic (exact) mass is 228 g/mol. The lowest BCUT2D eigenvalue weighted by molar-refractivity contribution is -0.163. The maximum atomic E-state index is 11.9. The fourth-order valence-corrected chi connectivity index (χ4v) is 2.18. The van der Waals surface area contributed by atoms with Crippen LogP contribution in [-0.2, 0) is 9.53 Å². The Bertz CT molecular complexity index is 248. The van der Waals surface area contributed by atoms with Gasteiger partial charge >= 0.3 is 5.97 Å². The van der Waals surface area contributed by atoms with Crippen molar-refractivity contribution in [2.75, 3.05) is 0 Å². The number of nitrogens with two attached hydrogens (primary N) is 1. The highest BCUT2D eigenvalue weighted by atomic mass is 16.6. The van der Waals surface area contributed by atoms with Crippen molar-refractivity contribution in [3.05, 3.63) is 0 Å². The molecule has 2 unspecified atom stereocenters. The first-order chi connectivity index (χ1) is 7.20. The van der Waals surface area contributed by atoms with Crippen molar-refractivity contribution in [2.24, 2.45) is 11.8 Å². The Morgan fingerprint density at radius 3 is 2.06 bits per heavy atom. The van der Waals surface area contributed by atoms with E-state index in [-0.39, 0.29) is 24.0 Å². The van der Waals surface area contributed by atoms with Gasteiger partial charge in [-0.25, -0.2) is 5.01 Å². The van der Waals surface area contributed by atoms with E-state index in [0.29, 0.717) is 0 Å². The third kappa shape index (κ3) is 3.46. The summed E-state index contributed by atoms with van der Waals surface area (Å²) in [6, 6.07) is 0.475. The SMILES string of the molecule is CC1CC(C(=O)OC(C)(C)C)CC(C)N1N. The molecule has 0 aromatic heterocycles. The number of carbonyl (C=O) groups is 1. The predicted octanol–water partition coefficient (Wildman–Crippen LogP) is 1.69. The fraction of sp³-hybridized carbons (Fsp3) is 0.917. The highest BCUT2D eigenvalue weighted by molar-refractivity contribution is 5.73. The predicted molar refractivity (Wildman–Crippen MR) is 63.5 cm³/mol. The van der Waals surface area contributed by atoms with Crippen molar-refractivity contribution in [3.63, 3.8) is 0 Å². The Balaban J connectivity index is 2.58. The van der Waals surface area contributed by atoms with Gasteiger partial charge in [-0.3, -0.25) is 10.6 Å². The summed E-state index contributed by atoms with van der Waals surface area (Å²) < 4.78 is 5.41. The Morgan fingerprint density at radius 2 is 1.69 bits per heavy atom. The molecule has 0 bridgehead atoms. The molecular weight excluding hydrogens is 204 g/mol. The van der Waals surface area contributed by atoms with Gasteiger partial charge in [0.05, 0.1) is 5.92 Å². The van der Waals surface area contributed by atoms with Gasteiger partial charge in [0.2, 0.25) is 0 Å². The second kappa shape index (κ2) is 4.72. The van der Waals surface area contributed by atoms with E-state index in [4.69, 9.17) is 10.6 Å². The van der Waals surface area contributed by atoms with E-state index in [9.17, 15) is 4.79 Å². The van der Waals surface area contributed by atoms with Crippen LogP contribution in [0.2, 0.25) is 0 Å². The normalized spacial score (nSPS) is 32.5. The van der Waals surface area contributed by atoms with E-state index < -0.39 is 5.60 Å². The molecule has 0 aromatic rings. The van der Waals surface area contributed by atoms with E-state index >= 15 is 0 Å². The Morgan fingerprint density at radius 1 is 1.25 bits per heavy atom. The van der Waals surface area contributed by atoms with Crippen LogP contribution in [0.15, 0.2) is 0 Å². The summed E-state index contributed by atoms with van der Waals surface area (Å²) in [6.07, 6.45) is 1.57. The van der Waals surface area contributed by atoms with Crippen LogP contribution >= 0.6 is 0 Å². The van der Waals surface area contributed by atoms with Gasteiger partial charge in [-0.1, -0.05) is 0 Å². The average molecular weight is 228 g/mol. The number of carbonyl (C=O) groups excluding carboxylic acids is 1. The van der Waals surface area contributed by atoms with Crippen molar-refractivity contribution in [2.45, 2.75) is 65.1 Å². The molecule has 1 rings (SSSR count). The molecule has 1 heterocycles. The van der Waals surface area contributed by atoms with Gasteiger partial charge in [0.15, 0.2) is 0 Å². The fourth-order valence-electron chi connectivity index (χ4n) is 2.18. The van der Waals surface area contributed by atoms with Gasteiger partial charge in [-0.05, 0) is 47.5 Å². The number of hydrogen-bond donors (Lipinski definition) is 1. The zero-order chi connectivity index (χ0) is 12.5. The lowest BCUT2D eigenvalue weighted by atomic mass is 9.88. The van der Waals surface area contributed by atoms with E-state index in [1.165, 1.54) is 0 Å². The summed E-state index contributed by atoms with van der Waals surface area (Å²) in [4.78, 5) is 11.9. The van der Waals surface area contributed by atoms with Crippen molar-refractivity contribution >= 4 is 5.97 Å². The molecule has 94 valence electrons. The van der Waals surface area contributed by atoms with Crippen LogP contribution in [0.5, 0.6) is 0 Å². The van der Waals surface area contributed by atoms with Crippen LogP contribution in [0.25, 0.3) is 0 Å². The van der Waals surface area contributed by atoms with Gasteiger partial charge < -0.3 is 4.74 Å². The summed E-state index contributed by atoms with van der Waals surface area (Å²) in [6.45, 7) is 9.79. The first-order valence-electron chi connectivity index (χ1n) is 5.96. The average Bonchev–Trinajstić information content (AvgIpc) is 2.10. The van der Waals surface area contributed by atoms with Crippen LogP contribution in [0.1, 0.15) is 47.5 Å². The molecule has 1 saturated heterocycles. The lowest BCUT2D eigenvalue weighted by Crippen LogP contribution is -2.52. The number of hydrazine groups is 1. The number of esters is 1. The number of rotatable bonds is 1. The number of piperidine rings is 1. The van der Waals surface area contributed by atoms with Gasteiger partial charge in [0, 0.05) is 12.1 Å². The molecule has 2 atom stereocenters. The van der Waals surface area contributed by atoms with Crippen LogP contribution in [0.3, 0.4) is 0 Å². The maximum Gasteiger partial charge on any atom is 0.309 e. The Labute approximate surface area is 98.1 Å². The summed E-state index contributed by atoms with van der Waals surface area (Å²) in [5.41, 5.74) is -0.399. The number of nitrogens with zero attached hydrogens (tertiary/aromatic N) is 1. The van der Waals surface area contributed by atoms with Gasteiger partial charge in [-0.2, -0.15) is 0 Å². The third-order valence-corrected chi connectivity index (χ3v) is 3.01. The van der Waals surface area contributed by atoms with Crippen LogP contribution in [0.4, 0.5) is 0 Å². The van der Waals surface area contributed by atoms with Crippen LogP contribution in [0, 0.1) is 5.92 Å². The maximum absolute atomic E-state index is 11.9. The van der Waals surface area contributed by atoms with Gasteiger partial charge in [-0.15, -0.1) is 0 Å².